The zero-order valence-electron chi connectivity index (χ0n) is 11.4. The van der Waals surface area contributed by atoms with Gasteiger partial charge >= 0.3 is 0 Å². The second-order valence-corrected chi connectivity index (χ2v) is 6.20. The fraction of sp³-hybridized carbons (Fsp3) is 0.500. The lowest BCUT2D eigenvalue weighted by Gasteiger charge is -2.52. The van der Waals surface area contributed by atoms with E-state index in [9.17, 15) is 4.39 Å². The fourth-order valence-electron chi connectivity index (χ4n) is 3.01. The van der Waals surface area contributed by atoms with Gasteiger partial charge in [-0.05, 0) is 37.7 Å². The van der Waals surface area contributed by atoms with Crippen LogP contribution in [-0.4, -0.2) is 22.3 Å². The number of halogens is 2. The maximum atomic E-state index is 14.3. The van der Waals surface area contributed by atoms with Crippen LogP contribution < -0.4 is 10.1 Å². The van der Waals surface area contributed by atoms with E-state index in [2.05, 4.69) is 12.2 Å². The molecule has 2 aliphatic heterocycles. The third-order valence-electron chi connectivity index (χ3n) is 3.91. The van der Waals surface area contributed by atoms with E-state index >= 15 is 0 Å². The number of nitrogens with one attached hydrogen (secondary N) is 1. The van der Waals surface area contributed by atoms with Crippen molar-refractivity contribution in [1.82, 2.24) is 10.2 Å². The van der Waals surface area contributed by atoms with Gasteiger partial charge < -0.3 is 15.0 Å². The molecule has 2 atom stereocenters. The van der Waals surface area contributed by atoms with Crippen LogP contribution in [0.15, 0.2) is 12.1 Å². The van der Waals surface area contributed by atoms with Crippen molar-refractivity contribution >= 4 is 28.9 Å². The molecule has 20 heavy (non-hydrogen) atoms. The molecule has 0 spiro atoms. The zero-order valence-corrected chi connectivity index (χ0v) is 12.9. The second-order valence-electron chi connectivity index (χ2n) is 5.41. The molecule has 0 saturated carbocycles. The van der Waals surface area contributed by atoms with Gasteiger partial charge in [0, 0.05) is 13.0 Å². The summed E-state index contributed by atoms with van der Waals surface area (Å²) in [6.45, 7) is 4.90. The highest BCUT2D eigenvalue weighted by Crippen LogP contribution is 2.46. The average molecular weight is 315 g/mol. The molecule has 108 valence electrons. The minimum Gasteiger partial charge on any atom is -0.468 e. The van der Waals surface area contributed by atoms with Gasteiger partial charge in [-0.1, -0.05) is 18.5 Å². The van der Waals surface area contributed by atoms with Gasteiger partial charge in [0.1, 0.15) is 5.75 Å². The lowest BCUT2D eigenvalue weighted by atomic mass is 9.90. The maximum Gasteiger partial charge on any atom is 0.184 e. The van der Waals surface area contributed by atoms with E-state index < -0.39 is 11.5 Å². The van der Waals surface area contributed by atoms with Gasteiger partial charge in [-0.15, -0.1) is 0 Å². The molecule has 2 heterocycles. The Bertz CT molecular complexity index is 583. The monoisotopic (exact) mass is 314 g/mol. The van der Waals surface area contributed by atoms with Gasteiger partial charge in [0.25, 0.3) is 0 Å². The molecule has 2 unspecified atom stereocenters. The smallest absolute Gasteiger partial charge is 0.184 e. The van der Waals surface area contributed by atoms with E-state index in [1.807, 2.05) is 11.8 Å². The van der Waals surface area contributed by atoms with Gasteiger partial charge in [0.2, 0.25) is 0 Å². The van der Waals surface area contributed by atoms with Crippen LogP contribution in [-0.2, 0) is 0 Å². The van der Waals surface area contributed by atoms with Gasteiger partial charge in [-0.25, -0.2) is 4.39 Å². The highest BCUT2D eigenvalue weighted by atomic mass is 35.5. The normalized spacial score (nSPS) is 27.7. The molecule has 1 aromatic carbocycles. The lowest BCUT2D eigenvalue weighted by Crippen LogP contribution is -2.64. The SMILES string of the molecule is CCCN1C(=S)NC2CC1(C)Oc1ccc(Cl)c(F)c12. The topological polar surface area (TPSA) is 24.5 Å². The van der Waals surface area contributed by atoms with E-state index in [4.69, 9.17) is 28.6 Å². The molecule has 1 saturated heterocycles. The largest absolute Gasteiger partial charge is 0.468 e. The van der Waals surface area contributed by atoms with E-state index in [0.717, 1.165) is 13.0 Å². The maximum absolute atomic E-state index is 14.3. The van der Waals surface area contributed by atoms with Crippen LogP contribution >= 0.6 is 23.8 Å². The van der Waals surface area contributed by atoms with Crippen LogP contribution in [0.5, 0.6) is 5.75 Å². The first-order chi connectivity index (χ1) is 9.46. The van der Waals surface area contributed by atoms with Crippen molar-refractivity contribution < 1.29 is 9.13 Å². The Morgan fingerprint density at radius 2 is 2.35 bits per heavy atom. The third-order valence-corrected chi connectivity index (χ3v) is 4.54. The van der Waals surface area contributed by atoms with Gasteiger partial charge in [-0.3, -0.25) is 0 Å². The Morgan fingerprint density at radius 3 is 3.05 bits per heavy atom. The van der Waals surface area contributed by atoms with E-state index in [1.54, 1.807) is 6.07 Å². The molecule has 3 nitrogen and oxygen atoms in total. The summed E-state index contributed by atoms with van der Waals surface area (Å²) in [6.07, 6.45) is 1.60. The average Bonchev–Trinajstić information content (AvgIpc) is 2.38. The van der Waals surface area contributed by atoms with Crippen molar-refractivity contribution in [3.05, 3.63) is 28.5 Å². The van der Waals surface area contributed by atoms with Crippen molar-refractivity contribution in [3.8, 4) is 5.75 Å². The number of thiocarbonyl (C=S) groups is 1. The molecule has 1 aromatic rings. The Balaban J connectivity index is 2.08. The number of fused-ring (bicyclic) bond motifs is 4. The molecule has 3 rings (SSSR count). The van der Waals surface area contributed by atoms with E-state index in [1.165, 1.54) is 6.07 Å². The molecule has 1 fully saturated rings. The summed E-state index contributed by atoms with van der Waals surface area (Å²) >= 11 is 11.3. The molecule has 0 aliphatic carbocycles. The minimum atomic E-state index is -0.531. The van der Waals surface area contributed by atoms with Crippen LogP contribution in [0.2, 0.25) is 5.02 Å². The Morgan fingerprint density at radius 1 is 1.60 bits per heavy atom. The number of benzene rings is 1. The first-order valence-electron chi connectivity index (χ1n) is 6.71. The van der Waals surface area contributed by atoms with Crippen molar-refractivity contribution in [3.63, 3.8) is 0 Å². The summed E-state index contributed by atoms with van der Waals surface area (Å²) in [5.74, 6) is 0.122. The highest BCUT2D eigenvalue weighted by molar-refractivity contribution is 7.80. The molecule has 0 radical (unpaired) electrons. The van der Waals surface area contributed by atoms with Crippen LogP contribution in [0.3, 0.4) is 0 Å². The fourth-order valence-corrected chi connectivity index (χ4v) is 3.61. The Kier molecular flexibility index (Phi) is 3.29. The predicted molar refractivity (Wildman–Crippen MR) is 80.5 cm³/mol. The molecule has 0 amide bonds. The van der Waals surface area contributed by atoms with Crippen molar-refractivity contribution in [2.45, 2.75) is 38.5 Å². The standard InChI is InChI=1S/C14H16ClFN2OS/c1-3-6-18-13(20)17-9-7-14(18,2)19-10-5-4-8(15)12(16)11(9)10/h4-5,9H,3,6-7H2,1-2H3,(H,17,20). The highest BCUT2D eigenvalue weighted by Gasteiger charge is 2.48. The van der Waals surface area contributed by atoms with Crippen LogP contribution in [0, 0.1) is 5.82 Å². The molecular formula is C14H16ClFN2OS. The molecule has 2 bridgehead atoms. The number of hydrogen-bond donors (Lipinski definition) is 1. The van der Waals surface area contributed by atoms with E-state index in [-0.39, 0.29) is 11.1 Å². The third kappa shape index (κ3) is 1.95. The Hall–Kier alpha value is -1.07. The van der Waals surface area contributed by atoms with Gasteiger partial charge in [-0.2, -0.15) is 0 Å². The van der Waals surface area contributed by atoms with Crippen molar-refractivity contribution in [2.24, 2.45) is 0 Å². The summed E-state index contributed by atoms with van der Waals surface area (Å²) in [7, 11) is 0. The first kappa shape index (κ1) is 13.9. The molecular weight excluding hydrogens is 299 g/mol. The zero-order chi connectivity index (χ0) is 14.5. The van der Waals surface area contributed by atoms with Crippen LogP contribution in [0.1, 0.15) is 38.3 Å². The number of hydrogen-bond acceptors (Lipinski definition) is 2. The summed E-state index contributed by atoms with van der Waals surface area (Å²) in [6, 6.07) is 3.07. The van der Waals surface area contributed by atoms with E-state index in [0.29, 0.717) is 22.8 Å². The number of nitrogens with zero attached hydrogens (tertiary/aromatic N) is 1. The number of ether oxygens (including phenoxy) is 1. The molecule has 2 aliphatic rings. The van der Waals surface area contributed by atoms with Crippen LogP contribution in [0.25, 0.3) is 0 Å². The summed E-state index contributed by atoms with van der Waals surface area (Å²) < 4.78 is 20.3. The Labute approximate surface area is 128 Å². The predicted octanol–water partition coefficient (Wildman–Crippen LogP) is 3.62. The second kappa shape index (κ2) is 4.74. The first-order valence-corrected chi connectivity index (χ1v) is 7.50. The summed E-state index contributed by atoms with van der Waals surface area (Å²) in [5.41, 5.74) is -0.0514. The lowest BCUT2D eigenvalue weighted by molar-refractivity contribution is -0.0688. The minimum absolute atomic E-state index is 0.111. The van der Waals surface area contributed by atoms with Gasteiger partial charge in [0.05, 0.1) is 16.6 Å². The van der Waals surface area contributed by atoms with Crippen molar-refractivity contribution in [2.75, 3.05) is 6.54 Å². The number of rotatable bonds is 2. The van der Waals surface area contributed by atoms with Crippen molar-refractivity contribution in [1.29, 1.82) is 0 Å². The summed E-state index contributed by atoms with van der Waals surface area (Å²) in [5, 5.41) is 3.93. The van der Waals surface area contributed by atoms with Crippen LogP contribution in [0.4, 0.5) is 4.39 Å². The quantitative estimate of drug-likeness (QED) is 0.843. The molecule has 1 N–H and O–H groups in total. The van der Waals surface area contributed by atoms with Gasteiger partial charge in [0.15, 0.2) is 16.7 Å². The molecule has 0 aromatic heterocycles. The molecule has 6 heteroatoms. The summed E-state index contributed by atoms with van der Waals surface area (Å²) in [4.78, 5) is 2.04.